The fraction of sp³-hybridized carbons (Fsp3) is 0.750. The summed E-state index contributed by atoms with van der Waals surface area (Å²) in [6.45, 7) is 1.70. The number of nitrogens with one attached hydrogen (secondary N) is 1. The van der Waals surface area contributed by atoms with Crippen molar-refractivity contribution in [2.45, 2.75) is 38.3 Å². The van der Waals surface area contributed by atoms with Gasteiger partial charge in [-0.05, 0) is 24.8 Å². The third-order valence-electron chi connectivity index (χ3n) is 3.35. The molecule has 0 amide bonds. The van der Waals surface area contributed by atoms with E-state index in [2.05, 4.69) is 10.4 Å². The molecule has 90 valence electrons. The Morgan fingerprint density at radius 1 is 1.50 bits per heavy atom. The van der Waals surface area contributed by atoms with E-state index in [0.29, 0.717) is 5.92 Å². The summed E-state index contributed by atoms with van der Waals surface area (Å²) in [6.07, 6.45) is 6.40. The zero-order valence-electron chi connectivity index (χ0n) is 9.89. The van der Waals surface area contributed by atoms with Crippen LogP contribution in [0.15, 0.2) is 12.3 Å². The van der Waals surface area contributed by atoms with Gasteiger partial charge in [0, 0.05) is 26.3 Å². The molecule has 0 radical (unpaired) electrons. The van der Waals surface area contributed by atoms with E-state index in [1.165, 1.54) is 12.8 Å². The summed E-state index contributed by atoms with van der Waals surface area (Å²) in [4.78, 5) is 0. The molecule has 1 aromatic rings. The topological polar surface area (TPSA) is 50.1 Å². The molecule has 1 fully saturated rings. The summed E-state index contributed by atoms with van der Waals surface area (Å²) in [5, 5.41) is 17.5. The van der Waals surface area contributed by atoms with Gasteiger partial charge in [0.25, 0.3) is 0 Å². The normalized spacial score (nSPS) is 25.9. The van der Waals surface area contributed by atoms with Crippen LogP contribution in [0.5, 0.6) is 0 Å². The summed E-state index contributed by atoms with van der Waals surface area (Å²) >= 11 is 0. The van der Waals surface area contributed by atoms with Crippen LogP contribution in [0.4, 0.5) is 0 Å². The molecular weight excluding hydrogens is 202 g/mol. The predicted molar refractivity (Wildman–Crippen MR) is 62.9 cm³/mol. The van der Waals surface area contributed by atoms with Gasteiger partial charge in [0.05, 0.1) is 11.8 Å². The van der Waals surface area contributed by atoms with Gasteiger partial charge < -0.3 is 10.4 Å². The number of aromatic nitrogens is 2. The Kier molecular flexibility index (Phi) is 3.96. The molecule has 2 rings (SSSR count). The fourth-order valence-electron chi connectivity index (χ4n) is 2.37. The first-order valence-corrected chi connectivity index (χ1v) is 6.13. The van der Waals surface area contributed by atoms with Crippen LogP contribution in [0.25, 0.3) is 0 Å². The van der Waals surface area contributed by atoms with Crippen molar-refractivity contribution in [3.63, 3.8) is 0 Å². The second kappa shape index (κ2) is 5.46. The van der Waals surface area contributed by atoms with Crippen LogP contribution in [0.2, 0.25) is 0 Å². The van der Waals surface area contributed by atoms with Crippen molar-refractivity contribution in [1.29, 1.82) is 0 Å². The van der Waals surface area contributed by atoms with Crippen LogP contribution in [0.1, 0.15) is 31.4 Å². The fourth-order valence-corrected chi connectivity index (χ4v) is 2.37. The van der Waals surface area contributed by atoms with Gasteiger partial charge in [0.2, 0.25) is 0 Å². The number of aliphatic hydroxyl groups excluding tert-OH is 1. The second-order valence-electron chi connectivity index (χ2n) is 4.72. The molecule has 1 saturated carbocycles. The number of aryl methyl sites for hydroxylation is 1. The van der Waals surface area contributed by atoms with Gasteiger partial charge in [-0.2, -0.15) is 5.10 Å². The number of hydrogen-bond donors (Lipinski definition) is 2. The third-order valence-corrected chi connectivity index (χ3v) is 3.35. The van der Waals surface area contributed by atoms with Gasteiger partial charge in [-0.15, -0.1) is 0 Å². The lowest BCUT2D eigenvalue weighted by Crippen LogP contribution is -2.33. The molecule has 1 aromatic heterocycles. The van der Waals surface area contributed by atoms with E-state index < -0.39 is 0 Å². The minimum atomic E-state index is -0.106. The van der Waals surface area contributed by atoms with Crippen LogP contribution in [0.3, 0.4) is 0 Å². The average molecular weight is 223 g/mol. The van der Waals surface area contributed by atoms with Crippen molar-refractivity contribution in [3.8, 4) is 0 Å². The standard InChI is InChI=1S/C12H21N3O/c1-15-7-6-11(14-15)9-13-8-10-4-2-3-5-12(10)16/h6-7,10,12-13,16H,2-5,8-9H2,1H3. The molecule has 1 aliphatic rings. The molecule has 16 heavy (non-hydrogen) atoms. The number of nitrogens with zero attached hydrogens (tertiary/aromatic N) is 2. The van der Waals surface area contributed by atoms with Crippen molar-refractivity contribution < 1.29 is 5.11 Å². The Morgan fingerprint density at radius 3 is 3.00 bits per heavy atom. The van der Waals surface area contributed by atoms with Crippen molar-refractivity contribution in [1.82, 2.24) is 15.1 Å². The maximum Gasteiger partial charge on any atom is 0.0762 e. The maximum absolute atomic E-state index is 9.81. The van der Waals surface area contributed by atoms with Crippen LogP contribution in [-0.2, 0) is 13.6 Å². The number of rotatable bonds is 4. The van der Waals surface area contributed by atoms with E-state index >= 15 is 0 Å². The van der Waals surface area contributed by atoms with Crippen molar-refractivity contribution in [2.75, 3.05) is 6.54 Å². The number of hydrogen-bond acceptors (Lipinski definition) is 3. The van der Waals surface area contributed by atoms with Gasteiger partial charge in [-0.1, -0.05) is 12.8 Å². The highest BCUT2D eigenvalue weighted by atomic mass is 16.3. The van der Waals surface area contributed by atoms with Crippen molar-refractivity contribution in [3.05, 3.63) is 18.0 Å². The highest BCUT2D eigenvalue weighted by Crippen LogP contribution is 2.23. The minimum absolute atomic E-state index is 0.106. The first-order valence-electron chi connectivity index (χ1n) is 6.13. The lowest BCUT2D eigenvalue weighted by Gasteiger charge is -2.27. The molecule has 1 aliphatic carbocycles. The highest BCUT2D eigenvalue weighted by molar-refractivity contribution is 4.98. The van der Waals surface area contributed by atoms with Gasteiger partial charge in [0.1, 0.15) is 0 Å². The zero-order valence-corrected chi connectivity index (χ0v) is 9.89. The molecule has 2 atom stereocenters. The molecule has 1 heterocycles. The first kappa shape index (κ1) is 11.6. The summed E-state index contributed by atoms with van der Waals surface area (Å²) in [5.74, 6) is 0.428. The molecule has 0 bridgehead atoms. The molecule has 0 aliphatic heterocycles. The molecule has 2 unspecified atom stereocenters. The summed E-state index contributed by atoms with van der Waals surface area (Å²) in [5.41, 5.74) is 1.06. The SMILES string of the molecule is Cn1ccc(CNCC2CCCCC2O)n1. The lowest BCUT2D eigenvalue weighted by atomic mass is 9.86. The molecular formula is C12H21N3O. The highest BCUT2D eigenvalue weighted by Gasteiger charge is 2.22. The Bertz CT molecular complexity index is 324. The predicted octanol–water partition coefficient (Wildman–Crippen LogP) is 1.06. The summed E-state index contributed by atoms with van der Waals surface area (Å²) in [6, 6.07) is 2.02. The third kappa shape index (κ3) is 3.06. The van der Waals surface area contributed by atoms with Gasteiger partial charge >= 0.3 is 0 Å². The van der Waals surface area contributed by atoms with E-state index in [0.717, 1.165) is 31.6 Å². The van der Waals surface area contributed by atoms with Gasteiger partial charge in [0.15, 0.2) is 0 Å². The Hall–Kier alpha value is -0.870. The Morgan fingerprint density at radius 2 is 2.31 bits per heavy atom. The molecule has 4 heteroatoms. The second-order valence-corrected chi connectivity index (χ2v) is 4.72. The Labute approximate surface area is 96.7 Å². The van der Waals surface area contributed by atoms with Crippen molar-refractivity contribution >= 4 is 0 Å². The van der Waals surface area contributed by atoms with Gasteiger partial charge in [-0.25, -0.2) is 0 Å². The maximum atomic E-state index is 9.81. The quantitative estimate of drug-likeness (QED) is 0.802. The average Bonchev–Trinajstić information content (AvgIpc) is 2.67. The minimum Gasteiger partial charge on any atom is -0.393 e. The van der Waals surface area contributed by atoms with E-state index in [1.807, 2.05) is 24.0 Å². The van der Waals surface area contributed by atoms with E-state index in [-0.39, 0.29) is 6.10 Å². The lowest BCUT2D eigenvalue weighted by molar-refractivity contribution is 0.0694. The summed E-state index contributed by atoms with van der Waals surface area (Å²) in [7, 11) is 1.92. The van der Waals surface area contributed by atoms with E-state index in [9.17, 15) is 5.11 Å². The van der Waals surface area contributed by atoms with Crippen LogP contribution in [0, 0.1) is 5.92 Å². The zero-order chi connectivity index (χ0) is 11.4. The van der Waals surface area contributed by atoms with E-state index in [1.54, 1.807) is 0 Å². The largest absolute Gasteiger partial charge is 0.393 e. The monoisotopic (exact) mass is 223 g/mol. The first-order chi connectivity index (χ1) is 7.75. The molecule has 0 spiro atoms. The smallest absolute Gasteiger partial charge is 0.0762 e. The van der Waals surface area contributed by atoms with Crippen molar-refractivity contribution in [2.24, 2.45) is 13.0 Å². The van der Waals surface area contributed by atoms with E-state index in [4.69, 9.17) is 0 Å². The Balaban J connectivity index is 1.71. The molecule has 2 N–H and O–H groups in total. The van der Waals surface area contributed by atoms with Gasteiger partial charge in [-0.3, -0.25) is 4.68 Å². The summed E-state index contributed by atoms with van der Waals surface area (Å²) < 4.78 is 1.81. The van der Waals surface area contributed by atoms with Crippen LogP contribution in [-0.4, -0.2) is 27.5 Å². The van der Waals surface area contributed by atoms with Crippen LogP contribution >= 0.6 is 0 Å². The molecule has 4 nitrogen and oxygen atoms in total. The van der Waals surface area contributed by atoms with Crippen LogP contribution < -0.4 is 5.32 Å². The number of aliphatic hydroxyl groups is 1. The molecule has 0 saturated heterocycles. The molecule has 0 aromatic carbocycles.